The maximum Gasteiger partial charge on any atom is 0.404 e. The minimum atomic E-state index is -1.40. The lowest BCUT2D eigenvalue weighted by atomic mass is 10.0. The quantitative estimate of drug-likeness (QED) is 0.609. The van der Waals surface area contributed by atoms with Crippen molar-refractivity contribution in [2.75, 3.05) is 0 Å². The molecule has 0 heterocycles. The second-order valence-electron chi connectivity index (χ2n) is 4.97. The zero-order chi connectivity index (χ0) is 14.5. The van der Waals surface area contributed by atoms with E-state index >= 15 is 0 Å². The van der Waals surface area contributed by atoms with Crippen molar-refractivity contribution < 1.29 is 19.8 Å². The first kappa shape index (κ1) is 14.3. The van der Waals surface area contributed by atoms with Crippen LogP contribution >= 0.6 is 0 Å². The van der Waals surface area contributed by atoms with Crippen molar-refractivity contribution in [2.45, 2.75) is 37.5 Å². The van der Waals surface area contributed by atoms with Gasteiger partial charge in [0.25, 0.3) is 5.91 Å². The summed E-state index contributed by atoms with van der Waals surface area (Å²) < 4.78 is 0. The number of carboxylic acid groups (broad SMARTS) is 1. The fraction of sp³-hybridized carbons (Fsp3) is 0.429. The molecule has 2 amide bonds. The topological polar surface area (TPSA) is 98.7 Å². The number of aliphatic hydroxyl groups excluding tert-OH is 1. The number of amides is 2. The summed E-state index contributed by atoms with van der Waals surface area (Å²) in [7, 11) is 0. The molecule has 4 N–H and O–H groups in total. The van der Waals surface area contributed by atoms with Crippen LogP contribution in [0.1, 0.15) is 18.4 Å². The standard InChI is InChI=1S/C14H18N2O4/c17-12(13(18)15-10-6-7-10)11(16-14(19)20)8-9-4-2-1-3-5-9/h1-5,10-12,16-17H,6-8H2,(H,15,18)(H,19,20). The highest BCUT2D eigenvalue weighted by molar-refractivity contribution is 5.82. The van der Waals surface area contributed by atoms with Gasteiger partial charge in [-0.3, -0.25) is 4.79 Å². The van der Waals surface area contributed by atoms with Crippen molar-refractivity contribution in [1.82, 2.24) is 10.6 Å². The summed E-state index contributed by atoms with van der Waals surface area (Å²) in [6.07, 6.45) is -0.578. The molecule has 1 aliphatic rings. The van der Waals surface area contributed by atoms with Crippen LogP contribution in [0.25, 0.3) is 0 Å². The van der Waals surface area contributed by atoms with Crippen LogP contribution in [0.2, 0.25) is 0 Å². The Hall–Kier alpha value is -2.08. The van der Waals surface area contributed by atoms with Crippen LogP contribution in [0.15, 0.2) is 30.3 Å². The predicted octanol–water partition coefficient (Wildman–Crippen LogP) is 0.505. The fourth-order valence-electron chi connectivity index (χ4n) is 1.97. The molecule has 108 valence electrons. The lowest BCUT2D eigenvalue weighted by Crippen LogP contribution is -2.51. The molecule has 20 heavy (non-hydrogen) atoms. The van der Waals surface area contributed by atoms with Gasteiger partial charge in [-0.2, -0.15) is 0 Å². The van der Waals surface area contributed by atoms with Crippen LogP contribution < -0.4 is 10.6 Å². The van der Waals surface area contributed by atoms with Crippen LogP contribution in [0.4, 0.5) is 4.79 Å². The summed E-state index contributed by atoms with van der Waals surface area (Å²) in [5, 5.41) is 23.7. The molecule has 1 saturated carbocycles. The summed E-state index contributed by atoms with van der Waals surface area (Å²) in [4.78, 5) is 22.6. The molecular weight excluding hydrogens is 260 g/mol. The molecule has 2 rings (SSSR count). The van der Waals surface area contributed by atoms with Crippen molar-refractivity contribution in [2.24, 2.45) is 0 Å². The molecule has 6 heteroatoms. The average molecular weight is 278 g/mol. The molecule has 0 spiro atoms. The lowest BCUT2D eigenvalue weighted by Gasteiger charge is -2.22. The molecule has 1 aromatic carbocycles. The molecule has 0 aliphatic heterocycles. The lowest BCUT2D eigenvalue weighted by molar-refractivity contribution is -0.130. The summed E-state index contributed by atoms with van der Waals surface area (Å²) in [6, 6.07) is 8.39. The van der Waals surface area contributed by atoms with Gasteiger partial charge in [-0.15, -0.1) is 0 Å². The molecule has 0 bridgehead atoms. The normalized spacial score (nSPS) is 17.1. The molecule has 2 atom stereocenters. The maximum atomic E-state index is 11.8. The second kappa shape index (κ2) is 6.38. The van der Waals surface area contributed by atoms with Crippen LogP contribution in [0.5, 0.6) is 0 Å². The van der Waals surface area contributed by atoms with Gasteiger partial charge in [0.15, 0.2) is 6.10 Å². The van der Waals surface area contributed by atoms with Crippen LogP contribution in [0.3, 0.4) is 0 Å². The van der Waals surface area contributed by atoms with E-state index in [1.807, 2.05) is 30.3 Å². The summed E-state index contributed by atoms with van der Waals surface area (Å²) >= 11 is 0. The van der Waals surface area contributed by atoms with E-state index < -0.39 is 24.1 Å². The van der Waals surface area contributed by atoms with E-state index in [-0.39, 0.29) is 12.5 Å². The molecule has 0 radical (unpaired) electrons. The van der Waals surface area contributed by atoms with Gasteiger partial charge in [0, 0.05) is 6.04 Å². The van der Waals surface area contributed by atoms with E-state index in [0.29, 0.717) is 0 Å². The number of rotatable bonds is 6. The van der Waals surface area contributed by atoms with E-state index in [9.17, 15) is 14.7 Å². The SMILES string of the molecule is O=C(O)NC(Cc1ccccc1)C(O)C(=O)NC1CC1. The van der Waals surface area contributed by atoms with Crippen LogP contribution in [0, 0.1) is 0 Å². The summed E-state index contributed by atoms with van der Waals surface area (Å²) in [5.41, 5.74) is 0.851. The van der Waals surface area contributed by atoms with Gasteiger partial charge in [0.1, 0.15) is 0 Å². The molecular formula is C14H18N2O4. The Morgan fingerprint density at radius 3 is 2.45 bits per heavy atom. The van der Waals surface area contributed by atoms with Crippen molar-refractivity contribution in [3.05, 3.63) is 35.9 Å². The Kier molecular flexibility index (Phi) is 4.57. The third-order valence-corrected chi connectivity index (χ3v) is 3.18. The molecule has 0 aromatic heterocycles. The van der Waals surface area contributed by atoms with Gasteiger partial charge in [-0.1, -0.05) is 30.3 Å². The third kappa shape index (κ3) is 4.24. The largest absolute Gasteiger partial charge is 0.465 e. The smallest absolute Gasteiger partial charge is 0.404 e. The predicted molar refractivity (Wildman–Crippen MR) is 72.3 cm³/mol. The van der Waals surface area contributed by atoms with Gasteiger partial charge >= 0.3 is 6.09 Å². The molecule has 2 unspecified atom stereocenters. The summed E-state index contributed by atoms with van der Waals surface area (Å²) in [6.45, 7) is 0. The van der Waals surface area contributed by atoms with Gasteiger partial charge in [-0.25, -0.2) is 4.79 Å². The molecule has 1 fully saturated rings. The van der Waals surface area contributed by atoms with Crippen LogP contribution in [-0.2, 0) is 11.2 Å². The fourth-order valence-corrected chi connectivity index (χ4v) is 1.97. The van der Waals surface area contributed by atoms with Crippen LogP contribution in [-0.4, -0.2) is 40.4 Å². The molecule has 1 aliphatic carbocycles. The Balaban J connectivity index is 2.01. The molecule has 0 saturated heterocycles. The zero-order valence-corrected chi connectivity index (χ0v) is 11.0. The maximum absolute atomic E-state index is 11.8. The number of nitrogens with one attached hydrogen (secondary N) is 2. The zero-order valence-electron chi connectivity index (χ0n) is 11.0. The third-order valence-electron chi connectivity index (χ3n) is 3.18. The number of carbonyl (C=O) groups excluding carboxylic acids is 1. The number of carbonyl (C=O) groups is 2. The monoisotopic (exact) mass is 278 g/mol. The number of hydrogen-bond acceptors (Lipinski definition) is 3. The molecule has 1 aromatic rings. The van der Waals surface area contributed by atoms with Crippen molar-refractivity contribution in [3.8, 4) is 0 Å². The Morgan fingerprint density at radius 1 is 1.25 bits per heavy atom. The highest BCUT2D eigenvalue weighted by Gasteiger charge is 2.31. The second-order valence-corrected chi connectivity index (χ2v) is 4.97. The van der Waals surface area contributed by atoms with Gasteiger partial charge in [-0.05, 0) is 24.8 Å². The van der Waals surface area contributed by atoms with Crippen molar-refractivity contribution in [3.63, 3.8) is 0 Å². The number of aliphatic hydroxyl groups is 1. The Bertz CT molecular complexity index is 473. The first-order valence-corrected chi connectivity index (χ1v) is 6.58. The van der Waals surface area contributed by atoms with E-state index in [1.54, 1.807) is 0 Å². The minimum Gasteiger partial charge on any atom is -0.465 e. The highest BCUT2D eigenvalue weighted by Crippen LogP contribution is 2.19. The number of hydrogen-bond donors (Lipinski definition) is 4. The molecule has 6 nitrogen and oxygen atoms in total. The van der Waals surface area contributed by atoms with E-state index in [0.717, 1.165) is 18.4 Å². The number of benzene rings is 1. The van der Waals surface area contributed by atoms with Gasteiger partial charge < -0.3 is 20.8 Å². The summed E-state index contributed by atoms with van der Waals surface area (Å²) in [5.74, 6) is -0.526. The van der Waals surface area contributed by atoms with E-state index in [1.165, 1.54) is 0 Å². The van der Waals surface area contributed by atoms with Gasteiger partial charge in [0.05, 0.1) is 6.04 Å². The van der Waals surface area contributed by atoms with Gasteiger partial charge in [0.2, 0.25) is 0 Å². The first-order valence-electron chi connectivity index (χ1n) is 6.58. The van der Waals surface area contributed by atoms with E-state index in [2.05, 4.69) is 10.6 Å². The van der Waals surface area contributed by atoms with Crippen molar-refractivity contribution in [1.29, 1.82) is 0 Å². The van der Waals surface area contributed by atoms with Crippen molar-refractivity contribution >= 4 is 12.0 Å². The first-order chi connectivity index (χ1) is 9.56. The highest BCUT2D eigenvalue weighted by atomic mass is 16.4. The Morgan fingerprint density at radius 2 is 1.90 bits per heavy atom. The van der Waals surface area contributed by atoms with E-state index in [4.69, 9.17) is 5.11 Å². The minimum absolute atomic E-state index is 0.124. The Labute approximate surface area is 116 Å². The average Bonchev–Trinajstić information content (AvgIpc) is 3.21.